The molecule has 1 saturated carbocycles. The maximum absolute atomic E-state index is 12.4. The Kier molecular flexibility index (Phi) is 9.94. The van der Waals surface area contributed by atoms with Crippen molar-refractivity contribution in [1.29, 1.82) is 0 Å². The monoisotopic (exact) mass is 401 g/mol. The van der Waals surface area contributed by atoms with Crippen LogP contribution in [0.1, 0.15) is 50.5 Å². The summed E-state index contributed by atoms with van der Waals surface area (Å²) >= 11 is 0. The van der Waals surface area contributed by atoms with E-state index < -0.39 is 5.54 Å². The lowest BCUT2D eigenvalue weighted by molar-refractivity contribution is -0.127. The van der Waals surface area contributed by atoms with Crippen molar-refractivity contribution in [2.45, 2.75) is 57.0 Å². The maximum atomic E-state index is 12.4. The Balaban J connectivity index is 0.00000169. The Labute approximate surface area is 170 Å². The SMILES string of the molecule is Cl.Cl.NC1(C(=O)NCC2CCN(Cc3ccccc3)CC2)CCCCC1. The van der Waals surface area contributed by atoms with Gasteiger partial charge in [0.2, 0.25) is 5.91 Å². The lowest BCUT2D eigenvalue weighted by atomic mass is 9.81. The number of hydrogen-bond donors (Lipinski definition) is 2. The van der Waals surface area contributed by atoms with Crippen molar-refractivity contribution in [2.24, 2.45) is 11.7 Å². The van der Waals surface area contributed by atoms with Crippen LogP contribution >= 0.6 is 24.8 Å². The van der Waals surface area contributed by atoms with Crippen LogP contribution in [-0.4, -0.2) is 36.0 Å². The van der Waals surface area contributed by atoms with E-state index in [-0.39, 0.29) is 30.7 Å². The predicted octanol–water partition coefficient (Wildman–Crippen LogP) is 3.52. The molecular formula is C20H33Cl2N3O. The van der Waals surface area contributed by atoms with Crippen LogP contribution in [0.15, 0.2) is 30.3 Å². The first-order valence-electron chi connectivity index (χ1n) is 9.49. The van der Waals surface area contributed by atoms with Gasteiger partial charge in [0.05, 0.1) is 5.54 Å². The molecule has 1 aromatic carbocycles. The van der Waals surface area contributed by atoms with Gasteiger partial charge in [-0.25, -0.2) is 0 Å². The number of carbonyl (C=O) groups is 1. The predicted molar refractivity (Wildman–Crippen MR) is 112 cm³/mol. The van der Waals surface area contributed by atoms with E-state index in [0.29, 0.717) is 5.92 Å². The minimum atomic E-state index is -0.605. The minimum absolute atomic E-state index is 0. The summed E-state index contributed by atoms with van der Waals surface area (Å²) in [5, 5.41) is 3.14. The summed E-state index contributed by atoms with van der Waals surface area (Å²) in [4.78, 5) is 14.9. The van der Waals surface area contributed by atoms with Gasteiger partial charge < -0.3 is 11.1 Å². The molecule has 0 spiro atoms. The summed E-state index contributed by atoms with van der Waals surface area (Å²) in [6.07, 6.45) is 7.38. The molecule has 1 aliphatic heterocycles. The van der Waals surface area contributed by atoms with Crippen LogP contribution in [0.25, 0.3) is 0 Å². The summed E-state index contributed by atoms with van der Waals surface area (Å²) in [6.45, 7) is 4.05. The van der Waals surface area contributed by atoms with Gasteiger partial charge in [0.1, 0.15) is 0 Å². The quantitative estimate of drug-likeness (QED) is 0.793. The summed E-state index contributed by atoms with van der Waals surface area (Å²) in [6, 6.07) is 10.7. The normalized spacial score (nSPS) is 20.5. The van der Waals surface area contributed by atoms with Crippen molar-refractivity contribution >= 4 is 30.7 Å². The molecule has 4 nitrogen and oxygen atoms in total. The first kappa shape index (κ1) is 23.2. The third-order valence-corrected chi connectivity index (χ3v) is 5.71. The van der Waals surface area contributed by atoms with E-state index in [1.54, 1.807) is 0 Å². The lowest BCUT2D eigenvalue weighted by Crippen LogP contribution is -2.55. The Bertz CT molecular complexity index is 527. The van der Waals surface area contributed by atoms with Crippen molar-refractivity contribution in [3.63, 3.8) is 0 Å². The van der Waals surface area contributed by atoms with Crippen LogP contribution in [0.5, 0.6) is 0 Å². The first-order valence-corrected chi connectivity index (χ1v) is 9.49. The van der Waals surface area contributed by atoms with E-state index >= 15 is 0 Å². The lowest BCUT2D eigenvalue weighted by Gasteiger charge is -2.34. The Hall–Kier alpha value is -0.810. The van der Waals surface area contributed by atoms with Gasteiger partial charge in [-0.1, -0.05) is 49.6 Å². The van der Waals surface area contributed by atoms with E-state index in [0.717, 1.165) is 64.7 Å². The number of benzene rings is 1. The highest BCUT2D eigenvalue weighted by molar-refractivity contribution is 5.86. The van der Waals surface area contributed by atoms with Crippen LogP contribution in [0.2, 0.25) is 0 Å². The van der Waals surface area contributed by atoms with E-state index in [9.17, 15) is 4.79 Å². The fraction of sp³-hybridized carbons (Fsp3) is 0.650. The zero-order valence-electron chi connectivity index (χ0n) is 15.5. The smallest absolute Gasteiger partial charge is 0.240 e. The van der Waals surface area contributed by atoms with E-state index in [2.05, 4.69) is 40.5 Å². The topological polar surface area (TPSA) is 58.4 Å². The standard InChI is InChI=1S/C20H31N3O.2ClH/c21-20(11-5-2-6-12-20)19(24)22-15-17-9-13-23(14-10-17)16-18-7-3-1-4-8-18;;/h1,3-4,7-8,17H,2,5-6,9-16,21H2,(H,22,24);2*1H. The third kappa shape index (κ3) is 6.41. The van der Waals surface area contributed by atoms with Gasteiger partial charge >= 0.3 is 0 Å². The summed E-state index contributed by atoms with van der Waals surface area (Å²) in [5.74, 6) is 0.669. The highest BCUT2D eigenvalue weighted by Crippen LogP contribution is 2.26. The summed E-state index contributed by atoms with van der Waals surface area (Å²) in [5.41, 5.74) is 7.08. The van der Waals surface area contributed by atoms with Gasteiger partial charge in [-0.2, -0.15) is 0 Å². The average molecular weight is 402 g/mol. The van der Waals surface area contributed by atoms with Crippen molar-refractivity contribution in [3.05, 3.63) is 35.9 Å². The molecule has 1 aliphatic carbocycles. The summed E-state index contributed by atoms with van der Waals surface area (Å²) < 4.78 is 0. The van der Waals surface area contributed by atoms with Crippen molar-refractivity contribution < 1.29 is 4.79 Å². The van der Waals surface area contributed by atoms with Crippen LogP contribution < -0.4 is 11.1 Å². The van der Waals surface area contributed by atoms with Crippen LogP contribution in [0.3, 0.4) is 0 Å². The molecule has 0 radical (unpaired) electrons. The number of nitrogens with zero attached hydrogens (tertiary/aromatic N) is 1. The molecule has 0 atom stereocenters. The maximum Gasteiger partial charge on any atom is 0.240 e. The second-order valence-electron chi connectivity index (χ2n) is 7.63. The highest BCUT2D eigenvalue weighted by Gasteiger charge is 2.35. The van der Waals surface area contributed by atoms with E-state index in [1.807, 2.05) is 0 Å². The molecule has 0 aromatic heterocycles. The minimum Gasteiger partial charge on any atom is -0.354 e. The average Bonchev–Trinajstić information content (AvgIpc) is 2.62. The second kappa shape index (κ2) is 11.1. The molecule has 148 valence electrons. The number of hydrogen-bond acceptors (Lipinski definition) is 3. The molecule has 1 aromatic rings. The molecule has 1 heterocycles. The fourth-order valence-corrected chi connectivity index (χ4v) is 4.01. The molecule has 6 heteroatoms. The van der Waals surface area contributed by atoms with Gasteiger partial charge in [-0.3, -0.25) is 9.69 Å². The van der Waals surface area contributed by atoms with E-state index in [1.165, 1.54) is 12.0 Å². The zero-order valence-corrected chi connectivity index (χ0v) is 17.1. The molecule has 1 amide bonds. The molecule has 26 heavy (non-hydrogen) atoms. The number of amides is 1. The summed E-state index contributed by atoms with van der Waals surface area (Å²) in [7, 11) is 0. The van der Waals surface area contributed by atoms with Crippen molar-refractivity contribution in [2.75, 3.05) is 19.6 Å². The molecule has 3 rings (SSSR count). The van der Waals surface area contributed by atoms with Crippen molar-refractivity contribution in [1.82, 2.24) is 10.2 Å². The Morgan fingerprint density at radius 3 is 2.31 bits per heavy atom. The number of nitrogens with two attached hydrogens (primary N) is 1. The van der Waals surface area contributed by atoms with Gasteiger partial charge in [0.25, 0.3) is 0 Å². The van der Waals surface area contributed by atoms with Crippen LogP contribution in [0, 0.1) is 5.92 Å². The van der Waals surface area contributed by atoms with Crippen LogP contribution in [0.4, 0.5) is 0 Å². The number of carbonyl (C=O) groups excluding carboxylic acids is 1. The molecule has 3 N–H and O–H groups in total. The number of piperidine rings is 1. The molecule has 2 fully saturated rings. The van der Waals surface area contributed by atoms with Crippen molar-refractivity contribution in [3.8, 4) is 0 Å². The molecular weight excluding hydrogens is 369 g/mol. The molecule has 1 saturated heterocycles. The molecule has 0 unspecified atom stereocenters. The van der Waals surface area contributed by atoms with Gasteiger partial charge in [-0.05, 0) is 50.3 Å². The molecule has 0 bridgehead atoms. The van der Waals surface area contributed by atoms with Crippen LogP contribution in [-0.2, 0) is 11.3 Å². The van der Waals surface area contributed by atoms with Gasteiger partial charge in [0, 0.05) is 13.1 Å². The fourth-order valence-electron chi connectivity index (χ4n) is 4.01. The first-order chi connectivity index (χ1) is 11.7. The third-order valence-electron chi connectivity index (χ3n) is 5.71. The zero-order chi connectivity index (χ0) is 16.8. The number of likely N-dealkylation sites (tertiary alicyclic amines) is 1. The number of halogens is 2. The number of nitrogens with one attached hydrogen (secondary N) is 1. The van der Waals surface area contributed by atoms with Gasteiger partial charge in [-0.15, -0.1) is 24.8 Å². The Morgan fingerprint density at radius 1 is 1.08 bits per heavy atom. The van der Waals surface area contributed by atoms with E-state index in [4.69, 9.17) is 5.73 Å². The highest BCUT2D eigenvalue weighted by atomic mass is 35.5. The second-order valence-corrected chi connectivity index (χ2v) is 7.63. The number of rotatable bonds is 5. The largest absolute Gasteiger partial charge is 0.354 e. The van der Waals surface area contributed by atoms with Gasteiger partial charge in [0.15, 0.2) is 0 Å². The Morgan fingerprint density at radius 2 is 1.69 bits per heavy atom. The molecule has 2 aliphatic rings.